The first-order valence-corrected chi connectivity index (χ1v) is 18.6. The van der Waals surface area contributed by atoms with Gasteiger partial charge in [0.1, 0.15) is 49.8 Å². The van der Waals surface area contributed by atoms with Gasteiger partial charge in [-0.15, -0.1) is 0 Å². The molecule has 2 N–H and O–H groups in total. The summed E-state index contributed by atoms with van der Waals surface area (Å²) in [6.07, 6.45) is -1.00. The second-order valence-electron chi connectivity index (χ2n) is 13.2. The van der Waals surface area contributed by atoms with Gasteiger partial charge in [-0.05, 0) is 12.8 Å². The number of hydrogen-bond donors (Lipinski definition) is 2. The zero-order chi connectivity index (χ0) is 37.8. The van der Waals surface area contributed by atoms with Gasteiger partial charge in [0.15, 0.2) is 24.8 Å². The summed E-state index contributed by atoms with van der Waals surface area (Å²) in [7, 11) is 0. The van der Waals surface area contributed by atoms with Crippen LogP contribution in [0, 0.1) is 0 Å². The van der Waals surface area contributed by atoms with Crippen molar-refractivity contribution in [2.24, 2.45) is 0 Å². The number of aliphatic hydroxyl groups excluding tert-OH is 2. The van der Waals surface area contributed by atoms with E-state index in [1.807, 2.05) is 0 Å². The minimum absolute atomic E-state index is 0.250. The standard InChI is InChI=1S/C36H62O15/c1-7-9-11-13-15-17-19-43-30-27(21-45-23(3)37)50-36(29(41)32(30)44-20-18-16-14-12-10-8-2)51-31-28(22-46-24(4)38)49-35(42)34(48-26(6)40)33(31)47-25(5)39/h27-36,41-42H,7-22H2,1-6H3/t27-,28-,29-,30+,31-,32-,33+,34-,35-,36+/m1/s1. The van der Waals surface area contributed by atoms with E-state index in [4.69, 9.17) is 42.6 Å². The number of carbonyl (C=O) groups is 4. The summed E-state index contributed by atoms with van der Waals surface area (Å²) in [6, 6.07) is 0. The van der Waals surface area contributed by atoms with Crippen LogP contribution in [-0.2, 0) is 61.8 Å². The van der Waals surface area contributed by atoms with Crippen LogP contribution >= 0.6 is 0 Å². The van der Waals surface area contributed by atoms with E-state index < -0.39 is 91.9 Å². The van der Waals surface area contributed by atoms with E-state index in [2.05, 4.69) is 13.8 Å². The predicted molar refractivity (Wildman–Crippen MR) is 181 cm³/mol. The minimum Gasteiger partial charge on any atom is -0.463 e. The molecule has 0 radical (unpaired) electrons. The Labute approximate surface area is 302 Å². The first-order chi connectivity index (χ1) is 24.4. The SMILES string of the molecule is CCCCCCCCO[C@@H]1[C@@H](O)[C@H](O[C@H]2[C@H](OC(C)=O)[C@@H](OC(C)=O)[C@H](O)O[C@@H]2COC(C)=O)O[C@H](COC(C)=O)[C@@H]1OCCCCCCCC. The van der Waals surface area contributed by atoms with Gasteiger partial charge >= 0.3 is 23.9 Å². The fraction of sp³-hybridized carbons (Fsp3) is 0.889. The van der Waals surface area contributed by atoms with Crippen molar-refractivity contribution in [3.8, 4) is 0 Å². The molecule has 296 valence electrons. The van der Waals surface area contributed by atoms with Crippen molar-refractivity contribution >= 4 is 23.9 Å². The molecule has 0 bridgehead atoms. The van der Waals surface area contributed by atoms with E-state index in [9.17, 15) is 29.4 Å². The minimum atomic E-state index is -1.79. The maximum Gasteiger partial charge on any atom is 0.303 e. The van der Waals surface area contributed by atoms with Crippen LogP contribution in [0.4, 0.5) is 0 Å². The number of esters is 4. The zero-order valence-corrected chi connectivity index (χ0v) is 31.3. The van der Waals surface area contributed by atoms with E-state index >= 15 is 0 Å². The lowest BCUT2D eigenvalue weighted by Crippen LogP contribution is -2.66. The first-order valence-electron chi connectivity index (χ1n) is 18.6. The number of unbranched alkanes of at least 4 members (excludes halogenated alkanes) is 10. The van der Waals surface area contributed by atoms with E-state index in [0.717, 1.165) is 90.9 Å². The van der Waals surface area contributed by atoms with Crippen LogP contribution in [0.25, 0.3) is 0 Å². The van der Waals surface area contributed by atoms with Crippen LogP contribution in [0.5, 0.6) is 0 Å². The van der Waals surface area contributed by atoms with Crippen molar-refractivity contribution in [2.75, 3.05) is 26.4 Å². The first kappa shape index (κ1) is 44.8. The van der Waals surface area contributed by atoms with Crippen LogP contribution < -0.4 is 0 Å². The average Bonchev–Trinajstić information content (AvgIpc) is 3.06. The average molecular weight is 735 g/mol. The van der Waals surface area contributed by atoms with Gasteiger partial charge < -0.3 is 52.8 Å². The summed E-state index contributed by atoms with van der Waals surface area (Å²) in [5.74, 6) is -2.83. The lowest BCUT2D eigenvalue weighted by molar-refractivity contribution is -0.361. The van der Waals surface area contributed by atoms with Gasteiger partial charge in [-0.3, -0.25) is 19.2 Å². The van der Waals surface area contributed by atoms with Crippen molar-refractivity contribution in [3.05, 3.63) is 0 Å². The lowest BCUT2D eigenvalue weighted by atomic mass is 9.96. The van der Waals surface area contributed by atoms with E-state index in [1.54, 1.807) is 0 Å². The van der Waals surface area contributed by atoms with Gasteiger partial charge in [0, 0.05) is 40.9 Å². The molecule has 2 heterocycles. The summed E-state index contributed by atoms with van der Waals surface area (Å²) in [6.45, 7) is 8.90. The van der Waals surface area contributed by atoms with Gasteiger partial charge in [-0.25, -0.2) is 0 Å². The van der Waals surface area contributed by atoms with Crippen molar-refractivity contribution < 1.29 is 72.0 Å². The van der Waals surface area contributed by atoms with Crippen molar-refractivity contribution in [1.82, 2.24) is 0 Å². The van der Waals surface area contributed by atoms with Crippen LogP contribution in [0.3, 0.4) is 0 Å². The normalized spacial score (nSPS) is 29.3. The monoisotopic (exact) mass is 734 g/mol. The maximum absolute atomic E-state index is 12.3. The molecule has 0 amide bonds. The smallest absolute Gasteiger partial charge is 0.303 e. The Morgan fingerprint density at radius 3 is 1.47 bits per heavy atom. The van der Waals surface area contributed by atoms with Crippen LogP contribution in [0.15, 0.2) is 0 Å². The Morgan fingerprint density at radius 2 is 0.980 bits per heavy atom. The molecule has 0 spiro atoms. The highest BCUT2D eigenvalue weighted by atomic mass is 16.7. The third-order valence-electron chi connectivity index (χ3n) is 8.64. The summed E-state index contributed by atoms with van der Waals surface area (Å²) in [4.78, 5) is 47.9. The second-order valence-corrected chi connectivity index (χ2v) is 13.2. The van der Waals surface area contributed by atoms with Crippen molar-refractivity contribution in [2.45, 2.75) is 180 Å². The third kappa shape index (κ3) is 16.4. The molecule has 15 heteroatoms. The van der Waals surface area contributed by atoms with Gasteiger partial charge in [0.25, 0.3) is 0 Å². The highest BCUT2D eigenvalue weighted by Crippen LogP contribution is 2.34. The number of ether oxygens (including phenoxy) is 9. The van der Waals surface area contributed by atoms with E-state index in [-0.39, 0.29) is 6.61 Å². The zero-order valence-electron chi connectivity index (χ0n) is 31.3. The largest absolute Gasteiger partial charge is 0.463 e. The highest BCUT2D eigenvalue weighted by Gasteiger charge is 2.55. The molecule has 2 rings (SSSR count). The third-order valence-corrected chi connectivity index (χ3v) is 8.64. The van der Waals surface area contributed by atoms with Crippen molar-refractivity contribution in [1.29, 1.82) is 0 Å². The van der Waals surface area contributed by atoms with Crippen molar-refractivity contribution in [3.63, 3.8) is 0 Å². The molecule has 0 aliphatic carbocycles. The summed E-state index contributed by atoms with van der Waals surface area (Å²) in [5.41, 5.74) is 0. The lowest BCUT2D eigenvalue weighted by Gasteiger charge is -2.48. The van der Waals surface area contributed by atoms with Crippen LogP contribution in [0.1, 0.15) is 119 Å². The molecule has 0 aromatic heterocycles. The number of rotatable bonds is 24. The fourth-order valence-electron chi connectivity index (χ4n) is 6.13. The summed E-state index contributed by atoms with van der Waals surface area (Å²) >= 11 is 0. The molecule has 2 aliphatic heterocycles. The van der Waals surface area contributed by atoms with Gasteiger partial charge in [0.2, 0.25) is 0 Å². The van der Waals surface area contributed by atoms with Gasteiger partial charge in [0.05, 0.1) is 0 Å². The van der Waals surface area contributed by atoms with Crippen LogP contribution in [-0.4, -0.2) is 122 Å². The molecular formula is C36H62O15. The fourth-order valence-corrected chi connectivity index (χ4v) is 6.13. The Bertz CT molecular complexity index is 1020. The Balaban J connectivity index is 2.41. The second kappa shape index (κ2) is 24.8. The summed E-state index contributed by atoms with van der Waals surface area (Å²) < 4.78 is 52.0. The molecular weight excluding hydrogens is 672 g/mol. The molecule has 15 nitrogen and oxygen atoms in total. The topological polar surface area (TPSA) is 192 Å². The highest BCUT2D eigenvalue weighted by molar-refractivity contribution is 5.67. The number of aliphatic hydroxyl groups is 2. The maximum atomic E-state index is 12.3. The molecule has 0 aromatic rings. The number of carbonyl (C=O) groups excluding carboxylic acids is 4. The predicted octanol–water partition coefficient (Wildman–Crippen LogP) is 3.66. The number of hydrogen-bond acceptors (Lipinski definition) is 15. The van der Waals surface area contributed by atoms with E-state index in [0.29, 0.717) is 13.2 Å². The molecule has 2 saturated heterocycles. The Kier molecular flexibility index (Phi) is 21.7. The Morgan fingerprint density at radius 1 is 0.529 bits per heavy atom. The van der Waals surface area contributed by atoms with Gasteiger partial charge in [-0.2, -0.15) is 0 Å². The van der Waals surface area contributed by atoms with E-state index in [1.165, 1.54) is 13.8 Å². The molecule has 51 heavy (non-hydrogen) atoms. The molecule has 0 unspecified atom stereocenters. The molecule has 2 fully saturated rings. The Hall–Kier alpha value is -2.40. The summed E-state index contributed by atoms with van der Waals surface area (Å²) in [5, 5.41) is 22.6. The molecule has 2 aliphatic rings. The quantitative estimate of drug-likeness (QED) is 0.0829. The van der Waals surface area contributed by atoms with Gasteiger partial charge in [-0.1, -0.05) is 78.1 Å². The molecule has 0 aromatic carbocycles. The molecule has 0 saturated carbocycles. The molecule has 10 atom stereocenters. The van der Waals surface area contributed by atoms with Crippen LogP contribution in [0.2, 0.25) is 0 Å².